The van der Waals surface area contributed by atoms with Crippen LogP contribution >= 0.6 is 0 Å². The Balaban J connectivity index is 2.59. The van der Waals surface area contributed by atoms with E-state index >= 15 is 0 Å². The molecule has 0 amide bonds. The molecule has 0 aliphatic rings. The molecular formula is C15H14N2O5S2. The van der Waals surface area contributed by atoms with Crippen molar-refractivity contribution >= 4 is 25.5 Å². The van der Waals surface area contributed by atoms with E-state index in [0.717, 1.165) is 12.3 Å². The van der Waals surface area contributed by atoms with Crippen LogP contribution < -0.4 is 9.46 Å². The van der Waals surface area contributed by atoms with E-state index in [2.05, 4.69) is 4.72 Å². The summed E-state index contributed by atoms with van der Waals surface area (Å²) in [6.07, 6.45) is 0.976. The largest absolute Gasteiger partial charge is 0.495 e. The van der Waals surface area contributed by atoms with Gasteiger partial charge in [0.05, 0.1) is 23.3 Å². The standard InChI is InChI=1S/C15H14N2O5S2/c1-22-14-8-7-12(23(2,18)19)9-15(14)24(20,21)17-13-6-4-3-5-11(13)10-16/h3-9,17H,1-2H3. The van der Waals surface area contributed by atoms with E-state index in [1.54, 1.807) is 12.1 Å². The van der Waals surface area contributed by atoms with E-state index in [9.17, 15) is 16.8 Å². The molecule has 24 heavy (non-hydrogen) atoms. The van der Waals surface area contributed by atoms with Crippen LogP contribution in [0.4, 0.5) is 5.69 Å². The smallest absolute Gasteiger partial charge is 0.265 e. The summed E-state index contributed by atoms with van der Waals surface area (Å²) in [6, 6.07) is 11.5. The molecule has 0 saturated heterocycles. The third-order valence-corrected chi connectivity index (χ3v) is 5.64. The van der Waals surface area contributed by atoms with Gasteiger partial charge < -0.3 is 4.74 Å². The molecule has 9 heteroatoms. The lowest BCUT2D eigenvalue weighted by Crippen LogP contribution is -2.15. The van der Waals surface area contributed by atoms with E-state index in [4.69, 9.17) is 10.00 Å². The molecule has 0 bridgehead atoms. The van der Waals surface area contributed by atoms with E-state index in [-0.39, 0.29) is 26.8 Å². The van der Waals surface area contributed by atoms with Gasteiger partial charge in [0.15, 0.2) is 9.84 Å². The zero-order valence-corrected chi connectivity index (χ0v) is 14.5. The number of para-hydroxylation sites is 1. The number of anilines is 1. The molecule has 2 aromatic rings. The van der Waals surface area contributed by atoms with Gasteiger partial charge in [0.25, 0.3) is 10.0 Å². The van der Waals surface area contributed by atoms with E-state index in [0.29, 0.717) is 0 Å². The Labute approximate surface area is 140 Å². The molecule has 0 atom stereocenters. The van der Waals surface area contributed by atoms with Crippen molar-refractivity contribution in [2.75, 3.05) is 18.1 Å². The van der Waals surface area contributed by atoms with E-state index in [1.807, 2.05) is 6.07 Å². The Bertz CT molecular complexity index is 1020. The van der Waals surface area contributed by atoms with Crippen molar-refractivity contribution in [3.05, 3.63) is 48.0 Å². The summed E-state index contributed by atoms with van der Waals surface area (Å²) in [5.74, 6) is -0.00987. The Hall–Kier alpha value is -2.57. The number of nitrogens with one attached hydrogen (secondary N) is 1. The Morgan fingerprint density at radius 1 is 1.08 bits per heavy atom. The van der Waals surface area contributed by atoms with E-state index < -0.39 is 19.9 Å². The number of hydrogen-bond donors (Lipinski definition) is 1. The number of rotatable bonds is 5. The maximum Gasteiger partial charge on any atom is 0.265 e. The number of hydrogen-bond acceptors (Lipinski definition) is 6. The number of ether oxygens (including phenoxy) is 1. The number of benzene rings is 2. The van der Waals surface area contributed by atoms with Crippen molar-refractivity contribution in [1.29, 1.82) is 5.26 Å². The normalized spacial score (nSPS) is 11.5. The first-order valence-corrected chi connectivity index (χ1v) is 9.96. The van der Waals surface area contributed by atoms with Crippen LogP contribution in [0, 0.1) is 11.3 Å². The third kappa shape index (κ3) is 3.67. The first-order chi connectivity index (χ1) is 11.2. The minimum absolute atomic E-state index is 0.00987. The van der Waals surface area contributed by atoms with Crippen LogP contribution in [-0.4, -0.2) is 30.2 Å². The molecule has 0 saturated carbocycles. The highest BCUT2D eigenvalue weighted by Crippen LogP contribution is 2.29. The fourth-order valence-corrected chi connectivity index (χ4v) is 3.96. The summed E-state index contributed by atoms with van der Waals surface area (Å²) in [7, 11) is -6.48. The number of sulfone groups is 1. The molecule has 2 rings (SSSR count). The molecule has 0 unspecified atom stereocenters. The average Bonchev–Trinajstić information content (AvgIpc) is 2.53. The lowest BCUT2D eigenvalue weighted by Gasteiger charge is -2.13. The topological polar surface area (TPSA) is 113 Å². The molecule has 0 aromatic heterocycles. The molecule has 0 aliphatic heterocycles. The van der Waals surface area contributed by atoms with Crippen molar-refractivity contribution in [1.82, 2.24) is 0 Å². The van der Waals surface area contributed by atoms with Crippen LogP contribution in [0.5, 0.6) is 5.75 Å². The Morgan fingerprint density at radius 2 is 1.75 bits per heavy atom. The Kier molecular flexibility index (Phi) is 4.82. The summed E-state index contributed by atoms with van der Waals surface area (Å²) in [6.45, 7) is 0. The third-order valence-electron chi connectivity index (χ3n) is 3.14. The maximum absolute atomic E-state index is 12.6. The number of methoxy groups -OCH3 is 1. The molecule has 1 N–H and O–H groups in total. The van der Waals surface area contributed by atoms with Crippen LogP contribution in [-0.2, 0) is 19.9 Å². The highest BCUT2D eigenvalue weighted by Gasteiger charge is 2.23. The van der Waals surface area contributed by atoms with Gasteiger partial charge in [-0.1, -0.05) is 12.1 Å². The van der Waals surface area contributed by atoms with Gasteiger partial charge >= 0.3 is 0 Å². The van der Waals surface area contributed by atoms with Crippen LogP contribution in [0.15, 0.2) is 52.3 Å². The highest BCUT2D eigenvalue weighted by atomic mass is 32.2. The molecule has 0 aliphatic carbocycles. The summed E-state index contributed by atoms with van der Waals surface area (Å²) in [5, 5.41) is 9.05. The maximum atomic E-state index is 12.6. The second-order valence-electron chi connectivity index (χ2n) is 4.85. The van der Waals surface area contributed by atoms with Crippen molar-refractivity contribution in [3.8, 4) is 11.8 Å². The summed E-state index contributed by atoms with van der Waals surface area (Å²) < 4.78 is 55.9. The van der Waals surface area contributed by atoms with Gasteiger partial charge in [-0.15, -0.1) is 0 Å². The molecule has 7 nitrogen and oxygen atoms in total. The Morgan fingerprint density at radius 3 is 2.33 bits per heavy atom. The van der Waals surface area contributed by atoms with Crippen molar-refractivity contribution < 1.29 is 21.6 Å². The van der Waals surface area contributed by atoms with Gasteiger partial charge in [0, 0.05) is 6.26 Å². The summed E-state index contributed by atoms with van der Waals surface area (Å²) in [4.78, 5) is -0.488. The SMILES string of the molecule is COc1ccc(S(C)(=O)=O)cc1S(=O)(=O)Nc1ccccc1C#N. The van der Waals surface area contributed by atoms with Gasteiger partial charge in [0.2, 0.25) is 0 Å². The predicted molar refractivity (Wildman–Crippen MR) is 88.1 cm³/mol. The van der Waals surface area contributed by atoms with Gasteiger partial charge in [0.1, 0.15) is 16.7 Å². The fourth-order valence-electron chi connectivity index (χ4n) is 1.97. The van der Waals surface area contributed by atoms with Crippen LogP contribution in [0.1, 0.15) is 5.56 Å². The number of sulfonamides is 1. The number of nitriles is 1. The van der Waals surface area contributed by atoms with Crippen LogP contribution in [0.25, 0.3) is 0 Å². The second-order valence-corrected chi connectivity index (χ2v) is 8.51. The molecule has 0 fully saturated rings. The monoisotopic (exact) mass is 366 g/mol. The zero-order chi connectivity index (χ0) is 18.0. The van der Waals surface area contributed by atoms with Crippen molar-refractivity contribution in [2.45, 2.75) is 9.79 Å². The molecule has 2 aromatic carbocycles. The van der Waals surface area contributed by atoms with Crippen molar-refractivity contribution in [2.24, 2.45) is 0 Å². The number of nitrogens with zero attached hydrogens (tertiary/aromatic N) is 1. The average molecular weight is 366 g/mol. The molecule has 0 heterocycles. The molecule has 0 radical (unpaired) electrons. The summed E-state index contributed by atoms with van der Waals surface area (Å²) >= 11 is 0. The highest BCUT2D eigenvalue weighted by molar-refractivity contribution is 7.93. The van der Waals surface area contributed by atoms with E-state index in [1.165, 1.54) is 31.4 Å². The van der Waals surface area contributed by atoms with Gasteiger partial charge in [-0.05, 0) is 30.3 Å². The zero-order valence-electron chi connectivity index (χ0n) is 12.8. The fraction of sp³-hybridized carbons (Fsp3) is 0.133. The second kappa shape index (κ2) is 6.51. The van der Waals surface area contributed by atoms with Crippen LogP contribution in [0.3, 0.4) is 0 Å². The van der Waals surface area contributed by atoms with Gasteiger partial charge in [-0.25, -0.2) is 16.8 Å². The summed E-state index contributed by atoms with van der Waals surface area (Å²) in [5.41, 5.74) is 0.228. The quantitative estimate of drug-likeness (QED) is 0.863. The lowest BCUT2D eigenvalue weighted by atomic mass is 10.2. The predicted octanol–water partition coefficient (Wildman–Crippen LogP) is 1.77. The molecular weight excluding hydrogens is 352 g/mol. The van der Waals surface area contributed by atoms with Crippen LogP contribution in [0.2, 0.25) is 0 Å². The lowest BCUT2D eigenvalue weighted by molar-refractivity contribution is 0.402. The van der Waals surface area contributed by atoms with Gasteiger partial charge in [-0.2, -0.15) is 5.26 Å². The van der Waals surface area contributed by atoms with Crippen molar-refractivity contribution in [3.63, 3.8) is 0 Å². The minimum atomic E-state index is -4.16. The first-order valence-electron chi connectivity index (χ1n) is 6.59. The molecule has 0 spiro atoms. The first kappa shape index (κ1) is 17.8. The minimum Gasteiger partial charge on any atom is -0.495 e. The molecule has 126 valence electrons. The van der Waals surface area contributed by atoms with Gasteiger partial charge in [-0.3, -0.25) is 4.72 Å².